The van der Waals surface area contributed by atoms with Crippen molar-refractivity contribution in [2.45, 2.75) is 19.4 Å². The highest BCUT2D eigenvalue weighted by atomic mass is 19.1. The number of carbonyl (C=O) groups is 2. The Bertz CT molecular complexity index is 550. The average molecular weight is 296 g/mol. The van der Waals surface area contributed by atoms with Gasteiger partial charge in [0.2, 0.25) is 0 Å². The van der Waals surface area contributed by atoms with Crippen LogP contribution in [0.5, 0.6) is 0 Å². The summed E-state index contributed by atoms with van der Waals surface area (Å²) in [5.41, 5.74) is -0.201. The van der Waals surface area contributed by atoms with Crippen LogP contribution in [0.25, 0.3) is 0 Å². The van der Waals surface area contributed by atoms with E-state index in [4.69, 9.17) is 9.84 Å². The molecule has 1 unspecified atom stereocenters. The van der Waals surface area contributed by atoms with Gasteiger partial charge in [-0.05, 0) is 24.6 Å². The number of hydrogen-bond donors (Lipinski definition) is 2. The van der Waals surface area contributed by atoms with Crippen molar-refractivity contribution in [3.8, 4) is 0 Å². The van der Waals surface area contributed by atoms with Crippen molar-refractivity contribution in [2.75, 3.05) is 25.0 Å². The molecule has 2 rings (SSSR count). The summed E-state index contributed by atoms with van der Waals surface area (Å²) in [5, 5.41) is 11.2. The van der Waals surface area contributed by atoms with Crippen LogP contribution >= 0.6 is 0 Å². The Morgan fingerprint density at radius 1 is 1.52 bits per heavy atom. The van der Waals surface area contributed by atoms with Crippen molar-refractivity contribution in [1.29, 1.82) is 0 Å². The largest absolute Gasteiger partial charge is 0.478 e. The molecule has 1 aromatic rings. The molecule has 2 N–H and O–H groups in total. The first kappa shape index (κ1) is 15.2. The maximum absolute atomic E-state index is 13.8. The smallest absolute Gasteiger partial charge is 0.335 e. The number of carboxylic acids is 1. The SMILES string of the molecule is CCC1CN(C(=O)Nc2ccc(C(=O)O)cc2F)CCO1. The van der Waals surface area contributed by atoms with E-state index in [-0.39, 0.29) is 17.4 Å². The van der Waals surface area contributed by atoms with E-state index in [0.717, 1.165) is 12.5 Å². The molecule has 1 saturated heterocycles. The molecule has 21 heavy (non-hydrogen) atoms. The third-order valence-corrected chi connectivity index (χ3v) is 3.34. The number of halogens is 1. The predicted octanol–water partition coefficient (Wildman–Crippen LogP) is 2.17. The number of aromatic carboxylic acids is 1. The quantitative estimate of drug-likeness (QED) is 0.896. The number of nitrogens with zero attached hydrogens (tertiary/aromatic N) is 1. The molecule has 114 valence electrons. The van der Waals surface area contributed by atoms with Gasteiger partial charge in [0.1, 0.15) is 5.82 Å². The molecule has 0 bridgehead atoms. The van der Waals surface area contributed by atoms with E-state index >= 15 is 0 Å². The van der Waals surface area contributed by atoms with Gasteiger partial charge in [-0.2, -0.15) is 0 Å². The van der Waals surface area contributed by atoms with Gasteiger partial charge in [-0.25, -0.2) is 14.0 Å². The molecule has 0 saturated carbocycles. The Kier molecular flexibility index (Phi) is 4.74. The third kappa shape index (κ3) is 3.69. The number of amides is 2. The Morgan fingerprint density at radius 2 is 2.29 bits per heavy atom. The second-order valence-electron chi connectivity index (χ2n) is 4.78. The minimum Gasteiger partial charge on any atom is -0.478 e. The van der Waals surface area contributed by atoms with Crippen molar-refractivity contribution >= 4 is 17.7 Å². The van der Waals surface area contributed by atoms with Gasteiger partial charge in [0, 0.05) is 13.1 Å². The minimum absolute atomic E-state index is 0.0104. The van der Waals surface area contributed by atoms with Crippen molar-refractivity contribution in [3.63, 3.8) is 0 Å². The molecule has 1 aliphatic heterocycles. The first-order chi connectivity index (χ1) is 10.0. The highest BCUT2D eigenvalue weighted by Crippen LogP contribution is 2.17. The van der Waals surface area contributed by atoms with Crippen LogP contribution in [0.2, 0.25) is 0 Å². The fourth-order valence-electron chi connectivity index (χ4n) is 2.09. The Hall–Kier alpha value is -2.15. The van der Waals surface area contributed by atoms with Crippen LogP contribution in [0.3, 0.4) is 0 Å². The summed E-state index contributed by atoms with van der Waals surface area (Å²) in [6.07, 6.45) is 0.787. The van der Waals surface area contributed by atoms with E-state index in [2.05, 4.69) is 5.32 Å². The fourth-order valence-corrected chi connectivity index (χ4v) is 2.09. The number of morpholine rings is 1. The summed E-state index contributed by atoms with van der Waals surface area (Å²) in [6, 6.07) is 2.95. The maximum Gasteiger partial charge on any atom is 0.335 e. The minimum atomic E-state index is -1.22. The van der Waals surface area contributed by atoms with Crippen molar-refractivity contribution in [3.05, 3.63) is 29.6 Å². The van der Waals surface area contributed by atoms with Gasteiger partial charge in [-0.3, -0.25) is 0 Å². The molecule has 0 aromatic heterocycles. The van der Waals surface area contributed by atoms with Crippen molar-refractivity contribution < 1.29 is 23.8 Å². The molecule has 1 atom stereocenters. The summed E-state index contributed by atoms with van der Waals surface area (Å²) >= 11 is 0. The number of ether oxygens (including phenoxy) is 1. The zero-order valence-electron chi connectivity index (χ0n) is 11.6. The van der Waals surface area contributed by atoms with Crippen LogP contribution in [0.4, 0.5) is 14.9 Å². The van der Waals surface area contributed by atoms with Gasteiger partial charge in [0.25, 0.3) is 0 Å². The second kappa shape index (κ2) is 6.53. The van der Waals surface area contributed by atoms with Gasteiger partial charge in [-0.1, -0.05) is 6.92 Å². The van der Waals surface area contributed by atoms with E-state index in [0.29, 0.717) is 19.7 Å². The highest BCUT2D eigenvalue weighted by molar-refractivity contribution is 5.91. The normalized spacial score (nSPS) is 18.4. The lowest BCUT2D eigenvalue weighted by Gasteiger charge is -2.32. The fraction of sp³-hybridized carbons (Fsp3) is 0.429. The third-order valence-electron chi connectivity index (χ3n) is 3.34. The summed E-state index contributed by atoms with van der Waals surface area (Å²) < 4.78 is 19.2. The van der Waals surface area contributed by atoms with Crippen LogP contribution < -0.4 is 5.32 Å². The number of rotatable bonds is 3. The average Bonchev–Trinajstić information content (AvgIpc) is 2.49. The van der Waals surface area contributed by atoms with E-state index in [1.54, 1.807) is 4.90 Å². The summed E-state index contributed by atoms with van der Waals surface area (Å²) in [7, 11) is 0. The maximum atomic E-state index is 13.8. The number of benzene rings is 1. The van der Waals surface area contributed by atoms with Gasteiger partial charge in [0.15, 0.2) is 0 Å². The second-order valence-corrected chi connectivity index (χ2v) is 4.78. The molecular formula is C14H17FN2O4. The van der Waals surface area contributed by atoms with Gasteiger partial charge in [0.05, 0.1) is 24.0 Å². The molecule has 7 heteroatoms. The van der Waals surface area contributed by atoms with Crippen LogP contribution in [-0.4, -0.2) is 47.8 Å². The van der Waals surface area contributed by atoms with Crippen LogP contribution in [0.15, 0.2) is 18.2 Å². The molecule has 1 aromatic carbocycles. The first-order valence-corrected chi connectivity index (χ1v) is 6.71. The van der Waals surface area contributed by atoms with Gasteiger partial charge in [-0.15, -0.1) is 0 Å². The Morgan fingerprint density at radius 3 is 2.90 bits per heavy atom. The van der Waals surface area contributed by atoms with Crippen molar-refractivity contribution in [1.82, 2.24) is 4.90 Å². The standard InChI is InChI=1S/C14H17FN2O4/c1-2-10-8-17(5-6-21-10)14(20)16-12-4-3-9(13(18)19)7-11(12)15/h3-4,7,10H,2,5-6,8H2,1H3,(H,16,20)(H,18,19). The number of carboxylic acid groups (broad SMARTS) is 1. The summed E-state index contributed by atoms with van der Waals surface area (Å²) in [4.78, 5) is 24.4. The molecule has 0 aliphatic carbocycles. The Labute approximate surface area is 121 Å². The van der Waals surface area contributed by atoms with E-state index < -0.39 is 17.8 Å². The van der Waals surface area contributed by atoms with Gasteiger partial charge < -0.3 is 20.1 Å². The highest BCUT2D eigenvalue weighted by Gasteiger charge is 2.23. The molecule has 1 aliphatic rings. The van der Waals surface area contributed by atoms with E-state index in [9.17, 15) is 14.0 Å². The van der Waals surface area contributed by atoms with E-state index in [1.165, 1.54) is 12.1 Å². The predicted molar refractivity (Wildman–Crippen MR) is 74.0 cm³/mol. The Balaban J connectivity index is 2.04. The summed E-state index contributed by atoms with van der Waals surface area (Å²) in [5.74, 6) is -1.99. The first-order valence-electron chi connectivity index (χ1n) is 6.71. The molecule has 1 heterocycles. The monoisotopic (exact) mass is 296 g/mol. The number of anilines is 1. The molecule has 2 amide bonds. The lowest BCUT2D eigenvalue weighted by molar-refractivity contribution is -0.0134. The number of hydrogen-bond acceptors (Lipinski definition) is 3. The van der Waals surface area contributed by atoms with Gasteiger partial charge >= 0.3 is 12.0 Å². The number of urea groups is 1. The lowest BCUT2D eigenvalue weighted by atomic mass is 10.2. The molecular weight excluding hydrogens is 279 g/mol. The van der Waals surface area contributed by atoms with Crippen LogP contribution in [0.1, 0.15) is 23.7 Å². The number of carbonyl (C=O) groups excluding carboxylic acids is 1. The van der Waals surface area contributed by atoms with Crippen molar-refractivity contribution in [2.24, 2.45) is 0 Å². The van der Waals surface area contributed by atoms with Crippen LogP contribution in [0, 0.1) is 5.82 Å². The molecule has 0 radical (unpaired) electrons. The summed E-state index contributed by atoms with van der Waals surface area (Å²) in [6.45, 7) is 3.32. The van der Waals surface area contributed by atoms with Crippen LogP contribution in [-0.2, 0) is 4.74 Å². The number of nitrogens with one attached hydrogen (secondary N) is 1. The molecule has 0 spiro atoms. The lowest BCUT2D eigenvalue weighted by Crippen LogP contribution is -2.47. The zero-order valence-corrected chi connectivity index (χ0v) is 11.6. The molecule has 6 nitrogen and oxygen atoms in total. The topological polar surface area (TPSA) is 78.9 Å². The van der Waals surface area contributed by atoms with E-state index in [1.807, 2.05) is 6.92 Å². The molecule has 1 fully saturated rings. The zero-order chi connectivity index (χ0) is 15.4.